The number of amides is 1. The van der Waals surface area contributed by atoms with Gasteiger partial charge in [0, 0.05) is 10.9 Å². The Bertz CT molecular complexity index is 1170. The third kappa shape index (κ3) is 3.22. The molecule has 0 atom stereocenters. The first-order valence-electron chi connectivity index (χ1n) is 8.06. The van der Waals surface area contributed by atoms with E-state index in [2.05, 4.69) is 20.4 Å². The van der Waals surface area contributed by atoms with E-state index in [1.165, 1.54) is 45.8 Å². The molecule has 3 aromatic heterocycles. The van der Waals surface area contributed by atoms with Crippen molar-refractivity contribution in [1.82, 2.24) is 19.6 Å². The summed E-state index contributed by atoms with van der Waals surface area (Å²) >= 11 is 1.27. The van der Waals surface area contributed by atoms with E-state index in [9.17, 15) is 18.0 Å². The molecule has 10 heteroatoms. The number of nitrogens with zero attached hydrogens (tertiary/aromatic N) is 4. The number of aryl methyl sites for hydroxylation is 1. The smallest absolute Gasteiger partial charge is 0.304 e. The number of hydrogen-bond donors (Lipinski definition) is 1. The van der Waals surface area contributed by atoms with Gasteiger partial charge in [-0.1, -0.05) is 18.2 Å². The van der Waals surface area contributed by atoms with E-state index in [-0.39, 0.29) is 22.8 Å². The maximum absolute atomic E-state index is 13.4. The second kappa shape index (κ2) is 6.71. The molecule has 0 saturated carbocycles. The zero-order valence-electron chi connectivity index (χ0n) is 14.4. The van der Waals surface area contributed by atoms with E-state index in [0.29, 0.717) is 11.2 Å². The van der Waals surface area contributed by atoms with Crippen LogP contribution in [0.3, 0.4) is 0 Å². The molecule has 0 unspecified atom stereocenters. The van der Waals surface area contributed by atoms with Crippen molar-refractivity contribution in [2.45, 2.75) is 13.1 Å². The fraction of sp³-hybridized carbons (Fsp3) is 0.111. The molecule has 1 N–H and O–H groups in total. The monoisotopic (exact) mass is 403 g/mol. The number of thiazole rings is 1. The lowest BCUT2D eigenvalue weighted by molar-refractivity contribution is -0.137. The van der Waals surface area contributed by atoms with Crippen LogP contribution in [-0.2, 0) is 6.18 Å². The van der Waals surface area contributed by atoms with Gasteiger partial charge in [-0.05, 0) is 24.6 Å². The van der Waals surface area contributed by atoms with Gasteiger partial charge in [0.25, 0.3) is 5.91 Å². The Hall–Kier alpha value is -3.27. The van der Waals surface area contributed by atoms with Gasteiger partial charge in [0.2, 0.25) is 0 Å². The molecule has 0 saturated heterocycles. The minimum absolute atomic E-state index is 0.0418. The van der Waals surface area contributed by atoms with E-state index < -0.39 is 17.6 Å². The number of benzene rings is 1. The van der Waals surface area contributed by atoms with Crippen LogP contribution in [0, 0.1) is 6.92 Å². The number of aromatic nitrogens is 4. The summed E-state index contributed by atoms with van der Waals surface area (Å²) in [6.45, 7) is 1.66. The Labute approximate surface area is 160 Å². The summed E-state index contributed by atoms with van der Waals surface area (Å²) in [6, 6.07) is 6.85. The zero-order chi connectivity index (χ0) is 19.9. The second-order valence-electron chi connectivity index (χ2n) is 5.96. The lowest BCUT2D eigenvalue weighted by atomic mass is 10.0. The summed E-state index contributed by atoms with van der Waals surface area (Å²) in [5.74, 6) is -0.221. The highest BCUT2D eigenvalue weighted by Crippen LogP contribution is 2.37. The van der Waals surface area contributed by atoms with E-state index in [0.717, 1.165) is 6.07 Å². The number of rotatable bonds is 3. The van der Waals surface area contributed by atoms with E-state index in [4.69, 9.17) is 0 Å². The Kier molecular flexibility index (Phi) is 4.34. The molecule has 4 aromatic rings. The first-order valence-corrected chi connectivity index (χ1v) is 9.00. The quantitative estimate of drug-likeness (QED) is 0.549. The number of hydrogen-bond acceptors (Lipinski definition) is 5. The van der Waals surface area contributed by atoms with Gasteiger partial charge in [0.05, 0.1) is 23.0 Å². The molecular formula is C18H12F3N5OS. The first kappa shape index (κ1) is 18.1. The van der Waals surface area contributed by atoms with Gasteiger partial charge in [-0.2, -0.15) is 22.8 Å². The normalized spacial score (nSPS) is 11.7. The van der Waals surface area contributed by atoms with Crippen LogP contribution in [0.2, 0.25) is 0 Å². The molecule has 0 fully saturated rings. The molecule has 28 heavy (non-hydrogen) atoms. The first-order chi connectivity index (χ1) is 13.3. The molecule has 142 valence electrons. The highest BCUT2D eigenvalue weighted by Gasteiger charge is 2.34. The SMILES string of the molecule is Cc1cc2ncc(NC(=O)c3cscn3)n2nc1-c1ccccc1C(F)(F)F. The number of fused-ring (bicyclic) bond motifs is 1. The van der Waals surface area contributed by atoms with Crippen molar-refractivity contribution >= 4 is 28.7 Å². The van der Waals surface area contributed by atoms with Crippen LogP contribution in [-0.4, -0.2) is 25.5 Å². The Morgan fingerprint density at radius 1 is 1.21 bits per heavy atom. The summed E-state index contributed by atoms with van der Waals surface area (Å²) in [5, 5.41) is 8.55. The molecule has 0 aliphatic carbocycles. The van der Waals surface area contributed by atoms with Crippen LogP contribution in [0.5, 0.6) is 0 Å². The van der Waals surface area contributed by atoms with Gasteiger partial charge >= 0.3 is 6.18 Å². The van der Waals surface area contributed by atoms with Crippen LogP contribution in [0.1, 0.15) is 21.6 Å². The number of halogens is 3. The van der Waals surface area contributed by atoms with Crippen molar-refractivity contribution in [2.24, 2.45) is 0 Å². The van der Waals surface area contributed by atoms with Gasteiger partial charge in [0.1, 0.15) is 5.69 Å². The predicted octanol–water partition coefficient (Wildman–Crippen LogP) is 4.43. The van der Waals surface area contributed by atoms with Crippen molar-refractivity contribution in [2.75, 3.05) is 5.32 Å². The predicted molar refractivity (Wildman–Crippen MR) is 98.2 cm³/mol. The molecular weight excluding hydrogens is 391 g/mol. The second-order valence-corrected chi connectivity index (χ2v) is 6.68. The number of alkyl halides is 3. The molecule has 1 aromatic carbocycles. The fourth-order valence-electron chi connectivity index (χ4n) is 2.80. The van der Waals surface area contributed by atoms with Crippen LogP contribution in [0.15, 0.2) is 47.4 Å². The molecule has 0 radical (unpaired) electrons. The average molecular weight is 403 g/mol. The van der Waals surface area contributed by atoms with Crippen molar-refractivity contribution in [1.29, 1.82) is 0 Å². The molecule has 4 rings (SSSR count). The molecule has 1 amide bonds. The van der Waals surface area contributed by atoms with E-state index >= 15 is 0 Å². The third-order valence-corrected chi connectivity index (χ3v) is 4.66. The van der Waals surface area contributed by atoms with E-state index in [1.54, 1.807) is 18.4 Å². The Balaban J connectivity index is 1.82. The average Bonchev–Trinajstić information content (AvgIpc) is 3.31. The molecule has 0 aliphatic rings. The lowest BCUT2D eigenvalue weighted by Crippen LogP contribution is -2.15. The highest BCUT2D eigenvalue weighted by atomic mass is 32.1. The molecule has 6 nitrogen and oxygen atoms in total. The molecule has 0 spiro atoms. The van der Waals surface area contributed by atoms with Gasteiger partial charge < -0.3 is 5.32 Å². The summed E-state index contributed by atoms with van der Waals surface area (Å²) in [5.41, 5.74) is 2.03. The summed E-state index contributed by atoms with van der Waals surface area (Å²) in [6.07, 6.45) is -3.12. The zero-order valence-corrected chi connectivity index (χ0v) is 15.2. The lowest BCUT2D eigenvalue weighted by Gasteiger charge is -2.14. The number of nitrogens with one attached hydrogen (secondary N) is 1. The van der Waals surface area contributed by atoms with E-state index in [1.807, 2.05) is 0 Å². The number of carbonyl (C=O) groups excluding carboxylic acids is 1. The maximum atomic E-state index is 13.4. The Morgan fingerprint density at radius 3 is 2.71 bits per heavy atom. The van der Waals surface area contributed by atoms with Crippen LogP contribution < -0.4 is 5.32 Å². The molecule has 3 heterocycles. The van der Waals surface area contributed by atoms with Gasteiger partial charge in [0.15, 0.2) is 11.5 Å². The standard InChI is InChI=1S/C18H12F3N5OS/c1-10-6-14-22-7-15(24-17(27)13-8-28-9-23-13)26(14)25-16(10)11-4-2-3-5-12(11)18(19,20)21/h2-9H,1H3,(H,24,27). The molecule has 0 bridgehead atoms. The van der Waals surface area contributed by atoms with Crippen LogP contribution in [0.4, 0.5) is 19.0 Å². The number of imidazole rings is 1. The molecule has 0 aliphatic heterocycles. The van der Waals surface area contributed by atoms with Crippen molar-refractivity contribution in [3.05, 3.63) is 64.2 Å². The summed E-state index contributed by atoms with van der Waals surface area (Å²) in [7, 11) is 0. The fourth-order valence-corrected chi connectivity index (χ4v) is 3.33. The van der Waals surface area contributed by atoms with Crippen molar-refractivity contribution in [3.8, 4) is 11.3 Å². The van der Waals surface area contributed by atoms with Crippen LogP contribution in [0.25, 0.3) is 16.9 Å². The number of carbonyl (C=O) groups is 1. The Morgan fingerprint density at radius 2 is 2.00 bits per heavy atom. The number of anilines is 1. The van der Waals surface area contributed by atoms with Gasteiger partial charge in [-0.15, -0.1) is 11.3 Å². The van der Waals surface area contributed by atoms with Crippen LogP contribution >= 0.6 is 11.3 Å². The van der Waals surface area contributed by atoms with Crippen molar-refractivity contribution < 1.29 is 18.0 Å². The maximum Gasteiger partial charge on any atom is 0.417 e. The summed E-state index contributed by atoms with van der Waals surface area (Å²) < 4.78 is 41.6. The topological polar surface area (TPSA) is 72.2 Å². The highest BCUT2D eigenvalue weighted by molar-refractivity contribution is 7.07. The largest absolute Gasteiger partial charge is 0.417 e. The minimum atomic E-state index is -4.52. The van der Waals surface area contributed by atoms with Gasteiger partial charge in [-0.25, -0.2) is 9.97 Å². The summed E-state index contributed by atoms with van der Waals surface area (Å²) in [4.78, 5) is 20.3. The minimum Gasteiger partial charge on any atom is -0.304 e. The van der Waals surface area contributed by atoms with Crippen molar-refractivity contribution in [3.63, 3.8) is 0 Å². The third-order valence-electron chi connectivity index (χ3n) is 4.08. The van der Waals surface area contributed by atoms with Gasteiger partial charge in [-0.3, -0.25) is 4.79 Å².